The fraction of sp³-hybridized carbons (Fsp3) is 0.234. The van der Waals surface area contributed by atoms with Crippen LogP contribution in [0.4, 0.5) is 11.4 Å². The second-order valence-corrected chi connectivity index (χ2v) is 14.6. The monoisotopic (exact) mass is 730 g/mol. The smallest absolute Gasteiger partial charge is 0.128 e. The van der Waals surface area contributed by atoms with Crippen LogP contribution >= 0.6 is 0 Å². The summed E-state index contributed by atoms with van der Waals surface area (Å²) in [6.07, 6.45) is 4.35. The van der Waals surface area contributed by atoms with Gasteiger partial charge in [-0.05, 0) is 73.2 Å². The molecule has 0 radical (unpaired) electrons. The number of aliphatic imine (C=N–C) groups is 2. The van der Waals surface area contributed by atoms with Crippen molar-refractivity contribution >= 4 is 34.6 Å². The number of benzene rings is 6. The van der Waals surface area contributed by atoms with E-state index in [-0.39, 0.29) is 11.5 Å². The molecule has 0 aliphatic carbocycles. The lowest BCUT2D eigenvalue weighted by atomic mass is 10.0. The predicted molar refractivity (Wildman–Crippen MR) is 221 cm³/mol. The SMILES string of the molecule is Cc1cc2c(O)c(c1)CN1CCCN(Cc3ccccc3OCCOc3ccccc3C1)Cc1cc(C)cc(c1O)C=Nc1cccc3cccc(c13)N=C2. The molecule has 0 aromatic heterocycles. The van der Waals surface area contributed by atoms with Crippen molar-refractivity contribution in [1.82, 2.24) is 9.80 Å². The first kappa shape index (κ1) is 36.0. The van der Waals surface area contributed by atoms with Gasteiger partial charge in [0, 0.05) is 90.5 Å². The summed E-state index contributed by atoms with van der Waals surface area (Å²) in [5.74, 6) is 2.10. The minimum Gasteiger partial charge on any atom is -0.507 e. The topological polar surface area (TPSA) is 90.1 Å². The Morgan fingerprint density at radius 3 is 1.47 bits per heavy atom. The highest BCUT2D eigenvalue weighted by Gasteiger charge is 2.19. The van der Waals surface area contributed by atoms with Gasteiger partial charge >= 0.3 is 0 Å². The summed E-state index contributed by atoms with van der Waals surface area (Å²) in [4.78, 5) is 14.7. The van der Waals surface area contributed by atoms with Gasteiger partial charge in [-0.25, -0.2) is 0 Å². The van der Waals surface area contributed by atoms with Crippen LogP contribution in [0.25, 0.3) is 10.8 Å². The third-order valence-corrected chi connectivity index (χ3v) is 10.3. The molecule has 6 bridgehead atoms. The second kappa shape index (κ2) is 16.2. The maximum absolute atomic E-state index is 11.8. The standard InChI is InChI=1S/C47H46N4O4/c1-32-22-37-26-48-41-14-7-12-34-13-8-15-42(45(34)41)49-27-38-23-33(2)25-40(47(38)53)31-51-19-9-18-50(30-39(24-32)46(37)52)28-35-10-3-5-16-43(35)54-20-21-55-44-17-6-4-11-36(44)29-51/h3-8,10-17,22-27,52-53H,9,18-21,28-31H2,1-2H3. The average Bonchev–Trinajstić information content (AvgIpc) is 3.18. The molecule has 2 atom stereocenters. The Kier molecular flexibility index (Phi) is 10.6. The number of aromatic hydroxyl groups is 2. The highest BCUT2D eigenvalue weighted by molar-refractivity contribution is 6.04. The highest BCUT2D eigenvalue weighted by Crippen LogP contribution is 2.36. The summed E-state index contributed by atoms with van der Waals surface area (Å²) in [6.45, 7) is 8.76. The highest BCUT2D eigenvalue weighted by atomic mass is 16.5. The van der Waals surface area contributed by atoms with E-state index in [1.807, 2.05) is 84.9 Å². The van der Waals surface area contributed by atoms with Crippen LogP contribution < -0.4 is 9.47 Å². The predicted octanol–water partition coefficient (Wildman–Crippen LogP) is 9.55. The molecule has 8 heteroatoms. The van der Waals surface area contributed by atoms with Crippen molar-refractivity contribution < 1.29 is 19.7 Å². The Balaban J connectivity index is 1.28. The van der Waals surface area contributed by atoms with Crippen LogP contribution in [0.3, 0.4) is 0 Å². The molecule has 0 spiro atoms. The Bertz CT molecular complexity index is 2240. The van der Waals surface area contributed by atoms with Crippen LogP contribution in [-0.2, 0) is 26.2 Å². The third-order valence-electron chi connectivity index (χ3n) is 10.3. The second-order valence-electron chi connectivity index (χ2n) is 14.6. The molecule has 0 fully saturated rings. The van der Waals surface area contributed by atoms with Gasteiger partial charge in [0.05, 0.1) is 11.4 Å². The van der Waals surface area contributed by atoms with E-state index in [0.29, 0.717) is 50.5 Å². The summed E-state index contributed by atoms with van der Waals surface area (Å²) in [5, 5.41) is 25.5. The maximum atomic E-state index is 11.8. The number of phenolic OH excluding ortho intramolecular Hbond substituents is 2. The minimum atomic E-state index is 0.224. The molecule has 2 N–H and O–H groups in total. The summed E-state index contributed by atoms with van der Waals surface area (Å²) < 4.78 is 12.7. The number of para-hydroxylation sites is 2. The van der Waals surface area contributed by atoms with E-state index in [1.165, 1.54) is 0 Å². The van der Waals surface area contributed by atoms with Gasteiger partial charge in [-0.1, -0.05) is 72.8 Å². The normalized spacial score (nSPS) is 17.6. The van der Waals surface area contributed by atoms with E-state index >= 15 is 0 Å². The van der Waals surface area contributed by atoms with Crippen LogP contribution in [0, 0.1) is 13.8 Å². The molecule has 0 saturated carbocycles. The Morgan fingerprint density at radius 1 is 0.527 bits per heavy atom. The number of fused-ring (bicyclic) bond motifs is 10. The first-order valence-corrected chi connectivity index (χ1v) is 19.0. The molecule has 0 saturated heterocycles. The number of aryl methyl sites for hydroxylation is 2. The van der Waals surface area contributed by atoms with Crippen LogP contribution in [-0.4, -0.2) is 58.7 Å². The Labute approximate surface area is 322 Å². The molecular formula is C47H46N4O4. The Morgan fingerprint density at radius 2 is 0.982 bits per heavy atom. The fourth-order valence-corrected chi connectivity index (χ4v) is 7.76. The van der Waals surface area contributed by atoms with Crippen molar-refractivity contribution in [1.29, 1.82) is 0 Å². The molecule has 8 nitrogen and oxygen atoms in total. The number of nitrogens with zero attached hydrogens (tertiary/aromatic N) is 4. The lowest BCUT2D eigenvalue weighted by molar-refractivity contribution is 0.203. The molecule has 6 aromatic carbocycles. The van der Waals surface area contributed by atoms with Crippen LogP contribution in [0.5, 0.6) is 23.0 Å². The maximum Gasteiger partial charge on any atom is 0.128 e. The van der Waals surface area contributed by atoms with E-state index < -0.39 is 0 Å². The minimum absolute atomic E-state index is 0.224. The van der Waals surface area contributed by atoms with Crippen LogP contribution in [0.2, 0.25) is 0 Å². The molecule has 55 heavy (non-hydrogen) atoms. The van der Waals surface area contributed by atoms with E-state index in [2.05, 4.69) is 47.9 Å². The van der Waals surface area contributed by atoms with Gasteiger partial charge in [0.1, 0.15) is 36.2 Å². The van der Waals surface area contributed by atoms with Crippen molar-refractivity contribution in [2.24, 2.45) is 9.98 Å². The van der Waals surface area contributed by atoms with Gasteiger partial charge in [0.25, 0.3) is 0 Å². The fourth-order valence-electron chi connectivity index (χ4n) is 7.76. The van der Waals surface area contributed by atoms with Gasteiger partial charge < -0.3 is 19.7 Å². The van der Waals surface area contributed by atoms with Gasteiger partial charge in [0.2, 0.25) is 0 Å². The number of hydrogen-bond donors (Lipinski definition) is 2. The van der Waals surface area contributed by atoms with E-state index in [9.17, 15) is 10.2 Å². The Hall–Kier alpha value is -5.96. The number of phenols is 2. The van der Waals surface area contributed by atoms with Crippen LogP contribution in [0.15, 0.2) is 119 Å². The number of rotatable bonds is 0. The first-order valence-electron chi connectivity index (χ1n) is 19.0. The summed E-state index contributed by atoms with van der Waals surface area (Å²) >= 11 is 0. The zero-order chi connectivity index (χ0) is 37.7. The summed E-state index contributed by atoms with van der Waals surface area (Å²) in [7, 11) is 0. The van der Waals surface area contributed by atoms with E-state index in [1.54, 1.807) is 12.4 Å². The van der Waals surface area contributed by atoms with Crippen molar-refractivity contribution in [3.8, 4) is 23.0 Å². The molecule has 2 heterocycles. The van der Waals surface area contributed by atoms with Gasteiger partial charge in [0.15, 0.2) is 0 Å². The van der Waals surface area contributed by atoms with Crippen LogP contribution in [0.1, 0.15) is 50.9 Å². The van der Waals surface area contributed by atoms with Gasteiger partial charge in [-0.2, -0.15) is 0 Å². The lowest BCUT2D eigenvalue weighted by Crippen LogP contribution is -2.30. The first-order chi connectivity index (χ1) is 26.9. The quantitative estimate of drug-likeness (QED) is 0.162. The molecule has 278 valence electrons. The molecular weight excluding hydrogens is 685 g/mol. The average molecular weight is 731 g/mol. The lowest BCUT2D eigenvalue weighted by Gasteiger charge is -2.28. The summed E-state index contributed by atoms with van der Waals surface area (Å²) in [6, 6.07) is 36.4. The third kappa shape index (κ3) is 8.26. The van der Waals surface area contributed by atoms with Crippen molar-refractivity contribution in [3.63, 3.8) is 0 Å². The van der Waals surface area contributed by atoms with Gasteiger partial charge in [-0.3, -0.25) is 19.8 Å². The van der Waals surface area contributed by atoms with E-state index in [0.717, 1.165) is 86.5 Å². The molecule has 2 unspecified atom stereocenters. The molecule has 6 aromatic rings. The number of hydrogen-bond acceptors (Lipinski definition) is 8. The van der Waals surface area contributed by atoms with Gasteiger partial charge in [-0.15, -0.1) is 0 Å². The largest absolute Gasteiger partial charge is 0.507 e. The zero-order valence-corrected chi connectivity index (χ0v) is 31.4. The molecule has 0 amide bonds. The van der Waals surface area contributed by atoms with Crippen molar-refractivity contribution in [2.45, 2.75) is 46.4 Å². The molecule has 2 aliphatic rings. The molecule has 8 rings (SSSR count). The summed E-state index contributed by atoms with van der Waals surface area (Å²) in [5.41, 5.74) is 8.72. The zero-order valence-electron chi connectivity index (χ0n) is 31.4. The van der Waals surface area contributed by atoms with Crippen molar-refractivity contribution in [3.05, 3.63) is 154 Å². The molecule has 2 aliphatic heterocycles. The van der Waals surface area contributed by atoms with Crippen molar-refractivity contribution in [2.75, 3.05) is 26.3 Å². The number of ether oxygens (including phenoxy) is 2. The van der Waals surface area contributed by atoms with E-state index in [4.69, 9.17) is 19.5 Å².